The van der Waals surface area contributed by atoms with Gasteiger partial charge in [0, 0.05) is 6.54 Å². The molecular weight excluding hydrogens is 262 g/mol. The van der Waals surface area contributed by atoms with Gasteiger partial charge in [-0.05, 0) is 23.8 Å². The summed E-state index contributed by atoms with van der Waals surface area (Å²) >= 11 is 6.04. The lowest BCUT2D eigenvalue weighted by Gasteiger charge is -2.08. The number of halogens is 1. The van der Waals surface area contributed by atoms with E-state index in [1.165, 1.54) is 0 Å². The third-order valence-electron chi connectivity index (χ3n) is 2.72. The van der Waals surface area contributed by atoms with E-state index in [0.29, 0.717) is 22.9 Å². The lowest BCUT2D eigenvalue weighted by atomic mass is 10.2. The first-order chi connectivity index (χ1) is 9.20. The molecule has 0 aliphatic carbocycles. The van der Waals surface area contributed by atoms with Gasteiger partial charge in [-0.1, -0.05) is 41.9 Å². The summed E-state index contributed by atoms with van der Waals surface area (Å²) in [4.78, 5) is 12.0. The van der Waals surface area contributed by atoms with E-state index in [0.717, 1.165) is 5.56 Å². The Hall–Kier alpha value is -2.00. The smallest absolute Gasteiger partial charge is 0.253 e. The molecule has 1 N–H and O–H groups in total. The van der Waals surface area contributed by atoms with Crippen LogP contribution in [0.25, 0.3) is 0 Å². The van der Waals surface area contributed by atoms with Crippen molar-refractivity contribution in [1.29, 1.82) is 0 Å². The van der Waals surface area contributed by atoms with Gasteiger partial charge in [-0.25, -0.2) is 0 Å². The quantitative estimate of drug-likeness (QED) is 0.930. The van der Waals surface area contributed by atoms with Gasteiger partial charge in [0.05, 0.1) is 17.7 Å². The number of carbonyl (C=O) groups is 1. The first kappa shape index (κ1) is 13.4. The van der Waals surface area contributed by atoms with E-state index in [-0.39, 0.29) is 5.91 Å². The molecule has 2 rings (SSSR count). The number of hydrogen-bond acceptors (Lipinski definition) is 2. The summed E-state index contributed by atoms with van der Waals surface area (Å²) in [5.41, 5.74) is 1.49. The molecule has 0 atom stereocenters. The minimum Gasteiger partial charge on any atom is -0.497 e. The monoisotopic (exact) mass is 275 g/mol. The highest BCUT2D eigenvalue weighted by atomic mass is 35.5. The number of hydrogen-bond donors (Lipinski definition) is 1. The normalized spacial score (nSPS) is 10.0. The van der Waals surface area contributed by atoms with Crippen molar-refractivity contribution in [3.05, 3.63) is 64.7 Å². The predicted octanol–water partition coefficient (Wildman–Crippen LogP) is 3.28. The molecule has 0 spiro atoms. The molecule has 0 unspecified atom stereocenters. The molecule has 2 aromatic rings. The van der Waals surface area contributed by atoms with Crippen LogP contribution in [0.15, 0.2) is 48.5 Å². The van der Waals surface area contributed by atoms with Gasteiger partial charge < -0.3 is 10.1 Å². The predicted molar refractivity (Wildman–Crippen MR) is 75.6 cm³/mol. The van der Waals surface area contributed by atoms with E-state index in [1.54, 1.807) is 25.3 Å². The maximum absolute atomic E-state index is 12.0. The number of nitrogens with one attached hydrogen (secondary N) is 1. The van der Waals surface area contributed by atoms with E-state index in [2.05, 4.69) is 5.32 Å². The largest absolute Gasteiger partial charge is 0.497 e. The molecular formula is C15H14ClNO2. The van der Waals surface area contributed by atoms with Gasteiger partial charge in [0.2, 0.25) is 0 Å². The molecule has 0 aromatic heterocycles. The molecule has 4 heteroatoms. The van der Waals surface area contributed by atoms with Gasteiger partial charge in [0.1, 0.15) is 5.75 Å². The minimum atomic E-state index is -0.198. The highest BCUT2D eigenvalue weighted by Gasteiger charge is 2.10. The van der Waals surface area contributed by atoms with Crippen LogP contribution in [0.1, 0.15) is 15.9 Å². The fourth-order valence-corrected chi connectivity index (χ4v) is 1.94. The van der Waals surface area contributed by atoms with E-state index in [1.807, 2.05) is 30.3 Å². The Kier molecular flexibility index (Phi) is 4.42. The Morgan fingerprint density at radius 3 is 2.58 bits per heavy atom. The second kappa shape index (κ2) is 6.25. The standard InChI is InChI=1S/C15H14ClNO2/c1-19-12-7-8-13(14(16)9-12)15(18)17-10-11-5-3-2-4-6-11/h2-9H,10H2,1H3,(H,17,18). The van der Waals surface area contributed by atoms with Gasteiger partial charge in [-0.3, -0.25) is 4.79 Å². The number of carbonyl (C=O) groups excluding carboxylic acids is 1. The number of methoxy groups -OCH3 is 1. The summed E-state index contributed by atoms with van der Waals surface area (Å²) in [5.74, 6) is 0.432. The van der Waals surface area contributed by atoms with Gasteiger partial charge in [-0.2, -0.15) is 0 Å². The molecule has 0 aliphatic heterocycles. The first-order valence-electron chi connectivity index (χ1n) is 5.86. The molecule has 3 nitrogen and oxygen atoms in total. The summed E-state index contributed by atoms with van der Waals surface area (Å²) in [6.45, 7) is 0.474. The molecule has 0 bridgehead atoms. The van der Waals surface area contributed by atoms with Gasteiger partial charge in [0.25, 0.3) is 5.91 Å². The van der Waals surface area contributed by atoms with Crippen molar-refractivity contribution in [3.63, 3.8) is 0 Å². The summed E-state index contributed by atoms with van der Waals surface area (Å²) in [6, 6.07) is 14.7. The average Bonchev–Trinajstić information content (AvgIpc) is 2.45. The maximum atomic E-state index is 12.0. The number of benzene rings is 2. The van der Waals surface area contributed by atoms with Crippen LogP contribution in [-0.2, 0) is 6.54 Å². The fourth-order valence-electron chi connectivity index (χ4n) is 1.68. The molecule has 98 valence electrons. The van der Waals surface area contributed by atoms with E-state index >= 15 is 0 Å². The number of rotatable bonds is 4. The molecule has 0 saturated heterocycles. The molecule has 0 aliphatic rings. The molecule has 19 heavy (non-hydrogen) atoms. The Labute approximate surface area is 117 Å². The highest BCUT2D eigenvalue weighted by molar-refractivity contribution is 6.34. The van der Waals surface area contributed by atoms with E-state index < -0.39 is 0 Å². The Bertz CT molecular complexity index is 570. The van der Waals surface area contributed by atoms with Crippen LogP contribution in [-0.4, -0.2) is 13.0 Å². The lowest BCUT2D eigenvalue weighted by molar-refractivity contribution is 0.0951. The van der Waals surface area contributed by atoms with Crippen LogP contribution in [0.2, 0.25) is 5.02 Å². The zero-order valence-corrected chi connectivity index (χ0v) is 11.3. The molecule has 0 heterocycles. The fraction of sp³-hybridized carbons (Fsp3) is 0.133. The van der Waals surface area contributed by atoms with Crippen molar-refractivity contribution in [2.75, 3.05) is 7.11 Å². The second-order valence-electron chi connectivity index (χ2n) is 4.01. The zero-order chi connectivity index (χ0) is 13.7. The molecule has 0 radical (unpaired) electrons. The van der Waals surface area contributed by atoms with Crippen molar-refractivity contribution in [3.8, 4) is 5.75 Å². The Morgan fingerprint density at radius 1 is 1.21 bits per heavy atom. The summed E-state index contributed by atoms with van der Waals surface area (Å²) in [5, 5.41) is 3.21. The second-order valence-corrected chi connectivity index (χ2v) is 4.42. The van der Waals surface area contributed by atoms with Crippen LogP contribution in [0.4, 0.5) is 0 Å². The van der Waals surface area contributed by atoms with Crippen LogP contribution >= 0.6 is 11.6 Å². The van der Waals surface area contributed by atoms with E-state index in [4.69, 9.17) is 16.3 Å². The topological polar surface area (TPSA) is 38.3 Å². The van der Waals surface area contributed by atoms with Crippen LogP contribution in [0, 0.1) is 0 Å². The van der Waals surface area contributed by atoms with Crippen molar-refractivity contribution in [2.45, 2.75) is 6.54 Å². The maximum Gasteiger partial charge on any atom is 0.253 e. The van der Waals surface area contributed by atoms with Crippen molar-refractivity contribution >= 4 is 17.5 Å². The van der Waals surface area contributed by atoms with Crippen LogP contribution < -0.4 is 10.1 Å². The summed E-state index contributed by atoms with van der Waals surface area (Å²) in [7, 11) is 1.56. The Balaban J connectivity index is 2.04. The summed E-state index contributed by atoms with van der Waals surface area (Å²) < 4.78 is 5.04. The SMILES string of the molecule is COc1ccc(C(=O)NCc2ccccc2)c(Cl)c1. The number of ether oxygens (including phenoxy) is 1. The van der Waals surface area contributed by atoms with Crippen molar-refractivity contribution < 1.29 is 9.53 Å². The summed E-state index contributed by atoms with van der Waals surface area (Å²) in [6.07, 6.45) is 0. The molecule has 2 aromatic carbocycles. The van der Waals surface area contributed by atoms with E-state index in [9.17, 15) is 4.79 Å². The van der Waals surface area contributed by atoms with Gasteiger partial charge in [-0.15, -0.1) is 0 Å². The van der Waals surface area contributed by atoms with Crippen LogP contribution in [0.5, 0.6) is 5.75 Å². The minimum absolute atomic E-state index is 0.198. The lowest BCUT2D eigenvalue weighted by Crippen LogP contribution is -2.23. The molecule has 0 fully saturated rings. The van der Waals surface area contributed by atoms with Crippen molar-refractivity contribution in [1.82, 2.24) is 5.32 Å². The molecule has 1 amide bonds. The van der Waals surface area contributed by atoms with Gasteiger partial charge >= 0.3 is 0 Å². The Morgan fingerprint density at radius 2 is 1.95 bits per heavy atom. The third kappa shape index (κ3) is 3.48. The third-order valence-corrected chi connectivity index (χ3v) is 3.03. The zero-order valence-electron chi connectivity index (χ0n) is 10.5. The first-order valence-corrected chi connectivity index (χ1v) is 6.24. The average molecular weight is 276 g/mol. The van der Waals surface area contributed by atoms with Crippen molar-refractivity contribution in [2.24, 2.45) is 0 Å². The molecule has 0 saturated carbocycles. The highest BCUT2D eigenvalue weighted by Crippen LogP contribution is 2.22. The number of amides is 1. The van der Waals surface area contributed by atoms with Gasteiger partial charge in [0.15, 0.2) is 0 Å². The van der Waals surface area contributed by atoms with Crippen LogP contribution in [0.3, 0.4) is 0 Å².